The van der Waals surface area contributed by atoms with Crippen LogP contribution in [0.15, 0.2) is 22.5 Å². The molecule has 2 N–H and O–H groups in total. The van der Waals surface area contributed by atoms with Crippen LogP contribution in [-0.4, -0.2) is 30.1 Å². The topological polar surface area (TPSA) is 71.1 Å². The predicted octanol–water partition coefficient (Wildman–Crippen LogP) is 2.76. The molecule has 2 amide bonds. The summed E-state index contributed by atoms with van der Waals surface area (Å²) < 4.78 is 27.8. The number of nitrogens with zero attached hydrogens (tertiary/aromatic N) is 1. The van der Waals surface area contributed by atoms with E-state index in [0.717, 1.165) is 29.5 Å². The summed E-state index contributed by atoms with van der Waals surface area (Å²) in [5, 5.41) is 4.87. The lowest BCUT2D eigenvalue weighted by atomic mass is 10.2. The van der Waals surface area contributed by atoms with E-state index in [0.29, 0.717) is 4.34 Å². The van der Waals surface area contributed by atoms with Crippen LogP contribution in [-0.2, 0) is 0 Å². The zero-order valence-electron chi connectivity index (χ0n) is 11.6. The quantitative estimate of drug-likeness (QED) is 0.838. The van der Waals surface area contributed by atoms with E-state index in [-0.39, 0.29) is 10.7 Å². The summed E-state index contributed by atoms with van der Waals surface area (Å²) in [6.07, 6.45) is 1.76. The van der Waals surface area contributed by atoms with Crippen LogP contribution in [0.3, 0.4) is 0 Å². The molecule has 0 saturated carbocycles. The van der Waals surface area contributed by atoms with E-state index in [1.807, 2.05) is 0 Å². The third kappa shape index (κ3) is 3.25. The number of rotatable bonds is 4. The first kappa shape index (κ1) is 16.4. The number of hydrogen-bond donors (Lipinski definition) is 2. The van der Waals surface area contributed by atoms with Crippen LogP contribution in [0.5, 0.6) is 0 Å². The Bertz CT molecular complexity index is 714. The van der Waals surface area contributed by atoms with Crippen LogP contribution in [0.25, 0.3) is 0 Å². The Morgan fingerprint density at radius 2 is 1.86 bits per heavy atom. The number of halogens is 2. The second kappa shape index (κ2) is 6.84. The molecular weight excluding hydrogens is 332 g/mol. The van der Waals surface area contributed by atoms with E-state index in [2.05, 4.69) is 15.6 Å². The van der Waals surface area contributed by atoms with Gasteiger partial charge in [-0.05, 0) is 18.4 Å². The number of benzene rings is 1. The molecule has 2 rings (SSSR count). The molecule has 0 unspecified atom stereocenters. The van der Waals surface area contributed by atoms with Crippen molar-refractivity contribution in [3.8, 4) is 0 Å². The van der Waals surface area contributed by atoms with Crippen molar-refractivity contribution in [3.63, 3.8) is 0 Å². The normalized spacial score (nSPS) is 10.4. The number of carbonyl (C=O) groups is 2. The fourth-order valence-corrected chi connectivity index (χ4v) is 3.08. The molecule has 0 saturated heterocycles. The van der Waals surface area contributed by atoms with Crippen molar-refractivity contribution in [1.29, 1.82) is 0 Å². The van der Waals surface area contributed by atoms with Crippen LogP contribution in [0.1, 0.15) is 20.8 Å². The molecule has 22 heavy (non-hydrogen) atoms. The monoisotopic (exact) mass is 343 g/mol. The van der Waals surface area contributed by atoms with Crippen LogP contribution < -0.4 is 10.6 Å². The molecule has 0 spiro atoms. The molecule has 9 heteroatoms. The Balaban J connectivity index is 2.36. The van der Waals surface area contributed by atoms with Crippen LogP contribution in [0, 0.1) is 11.6 Å². The fraction of sp³-hybridized carbons (Fsp3) is 0.154. The average molecular weight is 343 g/mol. The molecule has 0 radical (unpaired) electrons. The number of amides is 2. The maximum atomic E-state index is 13.6. The third-order valence-electron chi connectivity index (χ3n) is 2.64. The molecule has 2 aromatic rings. The minimum atomic E-state index is -0.978. The van der Waals surface area contributed by atoms with Gasteiger partial charge in [-0.2, -0.15) is 0 Å². The second-order valence-corrected chi connectivity index (χ2v) is 6.04. The van der Waals surface area contributed by atoms with Crippen molar-refractivity contribution in [2.24, 2.45) is 0 Å². The minimum absolute atomic E-state index is 0.00180. The average Bonchev–Trinajstić information content (AvgIpc) is 2.89. The number of thioether (sulfide) groups is 1. The maximum absolute atomic E-state index is 13.6. The van der Waals surface area contributed by atoms with E-state index in [9.17, 15) is 18.4 Å². The molecule has 0 aliphatic heterocycles. The molecule has 5 nitrogen and oxygen atoms in total. The van der Waals surface area contributed by atoms with Gasteiger partial charge in [0.05, 0.1) is 0 Å². The SMILES string of the molecule is CNC(=O)c1nc(SC)sc1NC(=O)c1c(F)cccc1F. The predicted molar refractivity (Wildman–Crippen MR) is 81.6 cm³/mol. The first-order chi connectivity index (χ1) is 10.5. The van der Waals surface area contributed by atoms with Crippen molar-refractivity contribution in [2.75, 3.05) is 18.6 Å². The molecule has 0 fully saturated rings. The van der Waals surface area contributed by atoms with Gasteiger partial charge in [0.2, 0.25) is 0 Å². The number of thiazole rings is 1. The molecular formula is C13H11F2N3O2S2. The Morgan fingerprint density at radius 3 is 2.41 bits per heavy atom. The van der Waals surface area contributed by atoms with Crippen LogP contribution >= 0.6 is 23.1 Å². The maximum Gasteiger partial charge on any atom is 0.272 e. The summed E-state index contributed by atoms with van der Waals surface area (Å²) in [4.78, 5) is 27.9. The summed E-state index contributed by atoms with van der Waals surface area (Å²) in [5.41, 5.74) is -0.702. The number of carbonyl (C=O) groups excluding carboxylic acids is 2. The largest absolute Gasteiger partial charge is 0.354 e. The molecule has 0 aliphatic rings. The van der Waals surface area contributed by atoms with Crippen molar-refractivity contribution >= 4 is 39.9 Å². The van der Waals surface area contributed by atoms with Gasteiger partial charge in [0.1, 0.15) is 22.2 Å². The van der Waals surface area contributed by atoms with Gasteiger partial charge in [0.15, 0.2) is 10.0 Å². The highest BCUT2D eigenvalue weighted by Gasteiger charge is 2.22. The molecule has 0 aliphatic carbocycles. The van der Waals surface area contributed by atoms with Crippen LogP contribution in [0.2, 0.25) is 0 Å². The lowest BCUT2D eigenvalue weighted by Gasteiger charge is -2.06. The number of hydrogen-bond acceptors (Lipinski definition) is 5. The number of aromatic nitrogens is 1. The van der Waals surface area contributed by atoms with E-state index >= 15 is 0 Å². The second-order valence-electron chi connectivity index (χ2n) is 3.99. The molecule has 1 heterocycles. The summed E-state index contributed by atoms with van der Waals surface area (Å²) in [7, 11) is 1.42. The highest BCUT2D eigenvalue weighted by Crippen LogP contribution is 2.31. The van der Waals surface area contributed by atoms with Crippen molar-refractivity contribution in [3.05, 3.63) is 41.1 Å². The molecule has 0 atom stereocenters. The molecule has 1 aromatic heterocycles. The Hall–Kier alpha value is -2.00. The van der Waals surface area contributed by atoms with E-state index in [4.69, 9.17) is 0 Å². The summed E-state index contributed by atoms with van der Waals surface area (Å²) >= 11 is 2.34. The number of nitrogens with one attached hydrogen (secondary N) is 2. The van der Waals surface area contributed by atoms with Crippen molar-refractivity contribution < 1.29 is 18.4 Å². The molecule has 116 valence electrons. The minimum Gasteiger partial charge on any atom is -0.354 e. The number of anilines is 1. The van der Waals surface area contributed by atoms with E-state index in [1.54, 1.807) is 6.26 Å². The van der Waals surface area contributed by atoms with Gasteiger partial charge in [-0.25, -0.2) is 13.8 Å². The van der Waals surface area contributed by atoms with Gasteiger partial charge in [0.25, 0.3) is 11.8 Å². The van der Waals surface area contributed by atoms with Gasteiger partial charge in [0, 0.05) is 7.05 Å². The summed E-state index contributed by atoms with van der Waals surface area (Å²) in [6.45, 7) is 0. The lowest BCUT2D eigenvalue weighted by molar-refractivity contribution is 0.0959. The van der Waals surface area contributed by atoms with Crippen LogP contribution in [0.4, 0.5) is 13.8 Å². The van der Waals surface area contributed by atoms with E-state index in [1.165, 1.54) is 18.8 Å². The van der Waals surface area contributed by atoms with Gasteiger partial charge < -0.3 is 10.6 Å². The third-order valence-corrected chi connectivity index (χ3v) is 4.60. The first-order valence-corrected chi connectivity index (χ1v) is 8.04. The Kier molecular flexibility index (Phi) is 5.09. The smallest absolute Gasteiger partial charge is 0.272 e. The lowest BCUT2D eigenvalue weighted by Crippen LogP contribution is -2.22. The Labute approximate surface area is 133 Å². The van der Waals surface area contributed by atoms with E-state index < -0.39 is 29.0 Å². The van der Waals surface area contributed by atoms with Crippen molar-refractivity contribution in [1.82, 2.24) is 10.3 Å². The zero-order valence-corrected chi connectivity index (χ0v) is 13.2. The fourth-order valence-electron chi connectivity index (χ4n) is 1.63. The van der Waals surface area contributed by atoms with Gasteiger partial charge in [-0.1, -0.05) is 29.2 Å². The highest BCUT2D eigenvalue weighted by atomic mass is 32.2. The standard InChI is InChI=1S/C13H11F2N3O2S2/c1-16-11(20)9-12(22-13(17-9)21-2)18-10(19)8-6(14)4-3-5-7(8)15/h3-5H,1-2H3,(H,16,20)(H,18,19). The Morgan fingerprint density at radius 1 is 1.23 bits per heavy atom. The summed E-state index contributed by atoms with van der Waals surface area (Å²) in [5.74, 6) is -3.43. The summed E-state index contributed by atoms with van der Waals surface area (Å²) in [6, 6.07) is 3.13. The molecule has 1 aromatic carbocycles. The highest BCUT2D eigenvalue weighted by molar-refractivity contribution is 8.00. The zero-order chi connectivity index (χ0) is 16.3. The van der Waals surface area contributed by atoms with Gasteiger partial charge >= 0.3 is 0 Å². The van der Waals surface area contributed by atoms with Gasteiger partial charge in [-0.3, -0.25) is 9.59 Å². The van der Waals surface area contributed by atoms with Gasteiger partial charge in [-0.15, -0.1) is 0 Å². The van der Waals surface area contributed by atoms with Crippen molar-refractivity contribution in [2.45, 2.75) is 4.34 Å². The molecule has 0 bridgehead atoms. The first-order valence-electron chi connectivity index (χ1n) is 6.00.